The molecule has 3 nitrogen and oxygen atoms in total. The van der Waals surface area contributed by atoms with Crippen molar-refractivity contribution in [2.24, 2.45) is 0 Å². The quantitative estimate of drug-likeness (QED) is 0.722. The maximum absolute atomic E-state index is 10.2. The summed E-state index contributed by atoms with van der Waals surface area (Å²) in [7, 11) is 0. The zero-order chi connectivity index (χ0) is 10.6. The number of benzene rings is 1. The van der Waals surface area contributed by atoms with Crippen LogP contribution in [0.3, 0.4) is 0 Å². The van der Waals surface area contributed by atoms with Gasteiger partial charge in [-0.1, -0.05) is 13.0 Å². The Labute approximate surface area is 83.0 Å². The molecule has 0 radical (unpaired) electrons. The van der Waals surface area contributed by atoms with Crippen LogP contribution in [-0.2, 0) is 4.79 Å². The van der Waals surface area contributed by atoms with Gasteiger partial charge in [0.15, 0.2) is 0 Å². The SMILES string of the molecule is CC(CCC=O)c1ccc(O)cc1O. The molecule has 0 aliphatic heterocycles. The van der Waals surface area contributed by atoms with Crippen molar-refractivity contribution in [1.29, 1.82) is 0 Å². The summed E-state index contributed by atoms with van der Waals surface area (Å²) in [6.45, 7) is 1.94. The van der Waals surface area contributed by atoms with E-state index in [1.165, 1.54) is 12.1 Å². The van der Waals surface area contributed by atoms with E-state index in [1.54, 1.807) is 6.07 Å². The van der Waals surface area contributed by atoms with E-state index >= 15 is 0 Å². The number of phenolic OH excluding ortho intramolecular Hbond substituents is 2. The van der Waals surface area contributed by atoms with Gasteiger partial charge in [0, 0.05) is 12.5 Å². The number of rotatable bonds is 4. The highest BCUT2D eigenvalue weighted by molar-refractivity contribution is 5.49. The van der Waals surface area contributed by atoms with Gasteiger partial charge in [0.2, 0.25) is 0 Å². The molecule has 0 amide bonds. The van der Waals surface area contributed by atoms with E-state index in [0.29, 0.717) is 12.8 Å². The Morgan fingerprint density at radius 1 is 1.43 bits per heavy atom. The van der Waals surface area contributed by atoms with E-state index in [1.807, 2.05) is 6.92 Å². The second-order valence-corrected chi connectivity index (χ2v) is 3.39. The number of phenols is 2. The Bertz CT molecular complexity index is 320. The molecule has 1 aromatic rings. The first-order valence-corrected chi connectivity index (χ1v) is 4.60. The maximum Gasteiger partial charge on any atom is 0.122 e. The molecule has 0 heterocycles. The third-order valence-corrected chi connectivity index (χ3v) is 2.26. The fourth-order valence-corrected chi connectivity index (χ4v) is 1.42. The minimum absolute atomic E-state index is 0.0498. The molecule has 76 valence electrons. The average molecular weight is 194 g/mol. The van der Waals surface area contributed by atoms with Crippen molar-refractivity contribution in [3.8, 4) is 11.5 Å². The molecule has 1 atom stereocenters. The fourth-order valence-electron chi connectivity index (χ4n) is 1.42. The predicted octanol–water partition coefficient (Wildman–Crippen LogP) is 2.18. The molecular weight excluding hydrogens is 180 g/mol. The van der Waals surface area contributed by atoms with Crippen molar-refractivity contribution in [3.05, 3.63) is 23.8 Å². The Morgan fingerprint density at radius 2 is 2.14 bits per heavy atom. The summed E-state index contributed by atoms with van der Waals surface area (Å²) in [5.41, 5.74) is 0.768. The number of carbonyl (C=O) groups excluding carboxylic acids is 1. The summed E-state index contributed by atoms with van der Waals surface area (Å²) in [5, 5.41) is 18.6. The number of hydrogen-bond acceptors (Lipinski definition) is 3. The normalized spacial score (nSPS) is 12.4. The van der Waals surface area contributed by atoms with E-state index in [4.69, 9.17) is 5.11 Å². The van der Waals surface area contributed by atoms with Gasteiger partial charge in [-0.05, 0) is 24.0 Å². The highest BCUT2D eigenvalue weighted by atomic mass is 16.3. The third-order valence-electron chi connectivity index (χ3n) is 2.26. The molecular formula is C11H14O3. The molecule has 0 bridgehead atoms. The van der Waals surface area contributed by atoms with Gasteiger partial charge in [0.05, 0.1) is 0 Å². The van der Waals surface area contributed by atoms with Crippen molar-refractivity contribution >= 4 is 6.29 Å². The van der Waals surface area contributed by atoms with Gasteiger partial charge >= 0.3 is 0 Å². The molecule has 0 saturated heterocycles. The van der Waals surface area contributed by atoms with Crippen molar-refractivity contribution < 1.29 is 15.0 Å². The summed E-state index contributed by atoms with van der Waals surface area (Å²) in [5.74, 6) is 0.262. The third kappa shape index (κ3) is 2.49. The second kappa shape index (κ2) is 4.65. The number of aromatic hydroxyl groups is 2. The Kier molecular flexibility index (Phi) is 3.51. The van der Waals surface area contributed by atoms with Crippen LogP contribution in [0.5, 0.6) is 11.5 Å². The lowest BCUT2D eigenvalue weighted by atomic mass is 9.95. The first-order valence-electron chi connectivity index (χ1n) is 4.60. The van der Waals surface area contributed by atoms with E-state index in [-0.39, 0.29) is 17.4 Å². The number of carbonyl (C=O) groups is 1. The minimum atomic E-state index is 0.0498. The van der Waals surface area contributed by atoms with Gasteiger partial charge < -0.3 is 15.0 Å². The second-order valence-electron chi connectivity index (χ2n) is 3.39. The molecule has 0 aliphatic rings. The van der Waals surface area contributed by atoms with Crippen molar-refractivity contribution in [3.63, 3.8) is 0 Å². The van der Waals surface area contributed by atoms with Crippen molar-refractivity contribution in [1.82, 2.24) is 0 Å². The first-order chi connectivity index (χ1) is 6.65. The monoisotopic (exact) mass is 194 g/mol. The molecule has 0 fully saturated rings. The van der Waals surface area contributed by atoms with Crippen molar-refractivity contribution in [2.45, 2.75) is 25.7 Å². The highest BCUT2D eigenvalue weighted by Crippen LogP contribution is 2.31. The summed E-state index contributed by atoms with van der Waals surface area (Å²) in [6, 6.07) is 4.53. The molecule has 14 heavy (non-hydrogen) atoms. The summed E-state index contributed by atoms with van der Waals surface area (Å²) >= 11 is 0. The van der Waals surface area contributed by atoms with Crippen LogP contribution in [0.2, 0.25) is 0 Å². The lowest BCUT2D eigenvalue weighted by Crippen LogP contribution is -1.94. The highest BCUT2D eigenvalue weighted by Gasteiger charge is 2.10. The summed E-state index contributed by atoms with van der Waals surface area (Å²) in [6.07, 6.45) is 2.07. The standard InChI is InChI=1S/C11H14O3/c1-8(3-2-6-12)10-5-4-9(13)7-11(10)14/h4-8,13-14H,2-3H2,1H3. The maximum atomic E-state index is 10.2. The van der Waals surface area contributed by atoms with Gasteiger partial charge in [0.25, 0.3) is 0 Å². The van der Waals surface area contributed by atoms with Crippen LogP contribution in [0.25, 0.3) is 0 Å². The van der Waals surface area contributed by atoms with E-state index in [2.05, 4.69) is 0 Å². The van der Waals surface area contributed by atoms with Crippen LogP contribution in [0.4, 0.5) is 0 Å². The smallest absolute Gasteiger partial charge is 0.122 e. The van der Waals surface area contributed by atoms with Gasteiger partial charge in [-0.3, -0.25) is 0 Å². The molecule has 1 rings (SSSR count). The molecule has 0 aliphatic carbocycles. The molecule has 0 spiro atoms. The van der Waals surface area contributed by atoms with E-state index in [0.717, 1.165) is 11.8 Å². The minimum Gasteiger partial charge on any atom is -0.508 e. The van der Waals surface area contributed by atoms with Crippen molar-refractivity contribution in [2.75, 3.05) is 0 Å². The Morgan fingerprint density at radius 3 is 2.71 bits per heavy atom. The lowest BCUT2D eigenvalue weighted by Gasteiger charge is -2.11. The van der Waals surface area contributed by atoms with Crippen LogP contribution in [0.15, 0.2) is 18.2 Å². The number of hydrogen-bond donors (Lipinski definition) is 2. The summed E-state index contributed by atoms with van der Waals surface area (Å²) in [4.78, 5) is 10.2. The molecule has 0 aromatic heterocycles. The van der Waals surface area contributed by atoms with E-state index in [9.17, 15) is 9.90 Å². The molecule has 2 N–H and O–H groups in total. The van der Waals surface area contributed by atoms with Gasteiger partial charge in [0.1, 0.15) is 17.8 Å². The van der Waals surface area contributed by atoms with Gasteiger partial charge in [-0.2, -0.15) is 0 Å². The van der Waals surface area contributed by atoms with Crippen LogP contribution in [0.1, 0.15) is 31.2 Å². The zero-order valence-electron chi connectivity index (χ0n) is 8.10. The fraction of sp³-hybridized carbons (Fsp3) is 0.364. The molecule has 0 saturated carbocycles. The Balaban J connectivity index is 2.78. The topological polar surface area (TPSA) is 57.5 Å². The lowest BCUT2D eigenvalue weighted by molar-refractivity contribution is -0.108. The van der Waals surface area contributed by atoms with Gasteiger partial charge in [-0.25, -0.2) is 0 Å². The largest absolute Gasteiger partial charge is 0.508 e. The van der Waals surface area contributed by atoms with Crippen LogP contribution < -0.4 is 0 Å². The van der Waals surface area contributed by atoms with Crippen LogP contribution in [0, 0.1) is 0 Å². The molecule has 1 aromatic carbocycles. The average Bonchev–Trinajstić information content (AvgIpc) is 2.14. The zero-order valence-corrected chi connectivity index (χ0v) is 8.10. The predicted molar refractivity (Wildman–Crippen MR) is 53.5 cm³/mol. The van der Waals surface area contributed by atoms with Crippen LogP contribution in [-0.4, -0.2) is 16.5 Å². The van der Waals surface area contributed by atoms with E-state index < -0.39 is 0 Å². The Hall–Kier alpha value is -1.51. The van der Waals surface area contributed by atoms with Crippen LogP contribution >= 0.6 is 0 Å². The number of aldehydes is 1. The summed E-state index contributed by atoms with van der Waals surface area (Å²) < 4.78 is 0. The molecule has 3 heteroatoms. The first kappa shape index (κ1) is 10.6. The van der Waals surface area contributed by atoms with Gasteiger partial charge in [-0.15, -0.1) is 0 Å². The molecule has 1 unspecified atom stereocenters.